The molecule has 314 valence electrons. The first-order valence-corrected chi connectivity index (χ1v) is 25.0. The maximum Gasteiger partial charge on any atom is 0.0440 e. The van der Waals surface area contributed by atoms with E-state index in [0.717, 1.165) is 0 Å². The van der Waals surface area contributed by atoms with Crippen LogP contribution in [-0.2, 0) is 0 Å². The van der Waals surface area contributed by atoms with Crippen LogP contribution in [0.1, 0.15) is 0 Å². The topological polar surface area (TPSA) is 0 Å². The SMILES string of the molecule is c1cc(-c2ccc3c4ccccc4c4ccccc4c3c2)cc(-c2ccc(-c3cccc4c5ccc(-c6cccc7c6sc6ccccc67)cc5c5ccccc5c34)c3c2sc2ccccc23)c1. The zero-order valence-corrected chi connectivity index (χ0v) is 38.4. The van der Waals surface area contributed by atoms with Crippen LogP contribution in [0.3, 0.4) is 0 Å². The molecule has 15 rings (SSSR count). The van der Waals surface area contributed by atoms with Gasteiger partial charge in [-0.15, -0.1) is 22.7 Å². The average molecular weight is 895 g/mol. The highest BCUT2D eigenvalue weighted by molar-refractivity contribution is 7.26. The maximum atomic E-state index is 2.44. The molecular weight excluding hydrogens is 857 g/mol. The van der Waals surface area contributed by atoms with Gasteiger partial charge in [-0.05, 0) is 139 Å². The van der Waals surface area contributed by atoms with Gasteiger partial charge in [-0.3, -0.25) is 0 Å². The molecule has 0 bridgehead atoms. The van der Waals surface area contributed by atoms with Gasteiger partial charge in [0.25, 0.3) is 0 Å². The molecular formula is C66H38S2. The van der Waals surface area contributed by atoms with Crippen molar-refractivity contribution in [2.75, 3.05) is 0 Å². The highest BCUT2D eigenvalue weighted by atomic mass is 32.1. The average Bonchev–Trinajstić information content (AvgIpc) is 4.00. The molecule has 2 aromatic heterocycles. The van der Waals surface area contributed by atoms with E-state index in [2.05, 4.69) is 231 Å². The molecule has 0 saturated heterocycles. The lowest BCUT2D eigenvalue weighted by molar-refractivity contribution is 1.63. The Balaban J connectivity index is 0.914. The Hall–Kier alpha value is -8.14. The Bertz CT molecular complexity index is 4560. The normalized spacial score (nSPS) is 12.1. The van der Waals surface area contributed by atoms with E-state index in [-0.39, 0.29) is 0 Å². The molecule has 0 aliphatic carbocycles. The lowest BCUT2D eigenvalue weighted by Crippen LogP contribution is -1.90. The van der Waals surface area contributed by atoms with Crippen LogP contribution >= 0.6 is 22.7 Å². The first-order valence-electron chi connectivity index (χ1n) is 23.4. The van der Waals surface area contributed by atoms with Crippen LogP contribution in [0, 0.1) is 0 Å². The Labute approximate surface area is 400 Å². The van der Waals surface area contributed by atoms with Crippen molar-refractivity contribution in [1.29, 1.82) is 0 Å². The molecule has 0 N–H and O–H groups in total. The molecule has 0 spiro atoms. The van der Waals surface area contributed by atoms with Crippen molar-refractivity contribution in [1.82, 2.24) is 0 Å². The summed E-state index contributed by atoms with van der Waals surface area (Å²) in [6.07, 6.45) is 0. The van der Waals surface area contributed by atoms with Gasteiger partial charge in [-0.25, -0.2) is 0 Å². The van der Waals surface area contributed by atoms with Gasteiger partial charge in [-0.2, -0.15) is 0 Å². The minimum atomic E-state index is 1.22. The van der Waals surface area contributed by atoms with Crippen molar-refractivity contribution in [2.24, 2.45) is 0 Å². The predicted octanol–water partition coefficient (Wildman–Crippen LogP) is 20.0. The van der Waals surface area contributed by atoms with E-state index in [4.69, 9.17) is 0 Å². The molecule has 0 atom stereocenters. The zero-order chi connectivity index (χ0) is 44.5. The number of hydrogen-bond acceptors (Lipinski definition) is 2. The highest BCUT2D eigenvalue weighted by Crippen LogP contribution is 2.49. The molecule has 68 heavy (non-hydrogen) atoms. The standard InChI is InChI=1S/C66H38S2/c1-2-18-47-45(16-1)46-17-3-4-19-48(46)59-37-40(30-32-50(47)59)39-14-11-15-41(36-39)44-34-35-56(64-58-23-8-10-29-62(58)68-66(44)64)55-26-13-25-54-51-33-31-42(38-60(51)49-20-5-6-22-53(49)63(54)55)43-24-12-27-57-52-21-7-9-28-61(52)67-65(43)57/h1-38H. The van der Waals surface area contributed by atoms with E-state index < -0.39 is 0 Å². The smallest absolute Gasteiger partial charge is 0.0440 e. The second-order valence-corrected chi connectivity index (χ2v) is 20.3. The summed E-state index contributed by atoms with van der Waals surface area (Å²) in [7, 11) is 0. The van der Waals surface area contributed by atoms with E-state index in [1.54, 1.807) is 0 Å². The summed E-state index contributed by atoms with van der Waals surface area (Å²) in [5, 5.41) is 20.8. The van der Waals surface area contributed by atoms with Crippen LogP contribution in [-0.4, -0.2) is 0 Å². The molecule has 0 saturated carbocycles. The van der Waals surface area contributed by atoms with Crippen molar-refractivity contribution in [3.05, 3.63) is 231 Å². The van der Waals surface area contributed by atoms with Crippen LogP contribution < -0.4 is 0 Å². The summed E-state index contributed by atoms with van der Waals surface area (Å²) >= 11 is 3.81. The summed E-state index contributed by atoms with van der Waals surface area (Å²) in [5.74, 6) is 0. The first kappa shape index (κ1) is 38.0. The van der Waals surface area contributed by atoms with Gasteiger partial charge < -0.3 is 0 Å². The molecule has 0 radical (unpaired) electrons. The van der Waals surface area contributed by atoms with Crippen molar-refractivity contribution in [3.8, 4) is 44.5 Å². The maximum absolute atomic E-state index is 2.44. The fraction of sp³-hybridized carbons (Fsp3) is 0. The second kappa shape index (κ2) is 14.7. The van der Waals surface area contributed by atoms with Crippen molar-refractivity contribution in [2.45, 2.75) is 0 Å². The van der Waals surface area contributed by atoms with Crippen LogP contribution in [0.2, 0.25) is 0 Å². The van der Waals surface area contributed by atoms with Gasteiger partial charge in [0.05, 0.1) is 0 Å². The van der Waals surface area contributed by atoms with E-state index in [1.807, 2.05) is 22.7 Å². The molecule has 13 aromatic carbocycles. The molecule has 15 aromatic rings. The quantitative estimate of drug-likeness (QED) is 0.154. The van der Waals surface area contributed by atoms with Gasteiger partial charge in [0.1, 0.15) is 0 Å². The van der Waals surface area contributed by atoms with Crippen LogP contribution in [0.25, 0.3) is 149 Å². The monoisotopic (exact) mass is 894 g/mol. The van der Waals surface area contributed by atoms with Crippen LogP contribution in [0.15, 0.2) is 231 Å². The third-order valence-corrected chi connectivity index (χ3v) is 17.1. The largest absolute Gasteiger partial charge is 0.135 e. The number of benzene rings is 13. The minimum absolute atomic E-state index is 1.22. The Morgan fingerprint density at radius 2 is 0.588 bits per heavy atom. The summed E-state index contributed by atoms with van der Waals surface area (Å²) < 4.78 is 5.30. The van der Waals surface area contributed by atoms with E-state index in [1.165, 1.54) is 149 Å². The molecule has 0 nitrogen and oxygen atoms in total. The van der Waals surface area contributed by atoms with Gasteiger partial charge in [0.15, 0.2) is 0 Å². The molecule has 0 fully saturated rings. The summed E-state index contributed by atoms with van der Waals surface area (Å²) in [6.45, 7) is 0. The Morgan fingerprint density at radius 1 is 0.191 bits per heavy atom. The molecule has 0 unspecified atom stereocenters. The van der Waals surface area contributed by atoms with Crippen molar-refractivity contribution in [3.63, 3.8) is 0 Å². The molecule has 0 aliphatic heterocycles. The van der Waals surface area contributed by atoms with Gasteiger partial charge in [0, 0.05) is 40.3 Å². The van der Waals surface area contributed by atoms with Gasteiger partial charge in [-0.1, -0.05) is 200 Å². The highest BCUT2D eigenvalue weighted by Gasteiger charge is 2.21. The summed E-state index contributed by atoms with van der Waals surface area (Å²) in [6, 6.07) is 86.4. The molecule has 0 amide bonds. The Kier molecular flexibility index (Phi) is 8.21. The van der Waals surface area contributed by atoms with E-state index >= 15 is 0 Å². The third kappa shape index (κ3) is 5.53. The predicted molar refractivity (Wildman–Crippen MR) is 299 cm³/mol. The summed E-state index contributed by atoms with van der Waals surface area (Å²) in [4.78, 5) is 0. The number of fused-ring (bicyclic) bond motifs is 18. The van der Waals surface area contributed by atoms with Crippen LogP contribution in [0.4, 0.5) is 0 Å². The second-order valence-electron chi connectivity index (χ2n) is 18.2. The lowest BCUT2D eigenvalue weighted by Gasteiger charge is -2.17. The number of rotatable bonds is 4. The lowest BCUT2D eigenvalue weighted by atomic mass is 9.86. The van der Waals surface area contributed by atoms with Gasteiger partial charge in [0.2, 0.25) is 0 Å². The molecule has 0 aliphatic rings. The van der Waals surface area contributed by atoms with Crippen LogP contribution in [0.5, 0.6) is 0 Å². The van der Waals surface area contributed by atoms with Gasteiger partial charge >= 0.3 is 0 Å². The molecule has 2 heteroatoms. The molecule has 2 heterocycles. The third-order valence-electron chi connectivity index (χ3n) is 14.6. The number of hydrogen-bond donors (Lipinski definition) is 0. The minimum Gasteiger partial charge on any atom is -0.135 e. The van der Waals surface area contributed by atoms with Crippen molar-refractivity contribution < 1.29 is 0 Å². The Morgan fingerprint density at radius 3 is 1.31 bits per heavy atom. The van der Waals surface area contributed by atoms with Crippen molar-refractivity contribution >= 4 is 128 Å². The zero-order valence-electron chi connectivity index (χ0n) is 36.8. The first-order chi connectivity index (χ1) is 33.7. The van der Waals surface area contributed by atoms with E-state index in [0.29, 0.717) is 0 Å². The fourth-order valence-electron chi connectivity index (χ4n) is 11.6. The van der Waals surface area contributed by atoms with E-state index in [9.17, 15) is 0 Å². The fourth-order valence-corrected chi connectivity index (χ4v) is 14.1. The summed E-state index contributed by atoms with van der Waals surface area (Å²) in [5.41, 5.74) is 10.0. The number of thiophene rings is 2.